The fraction of sp³-hybridized carbons (Fsp3) is 0.541. The molecule has 1 heterocycles. The highest BCUT2D eigenvalue weighted by atomic mass is 32.2. The molecule has 1 aliphatic carbocycles. The Morgan fingerprint density at radius 2 is 1.81 bits per heavy atom. The van der Waals surface area contributed by atoms with Crippen LogP contribution in [0.4, 0.5) is 5.69 Å². The minimum Gasteiger partial charge on any atom is -0.507 e. The molecular formula is C37H52N2O8S. The lowest BCUT2D eigenvalue weighted by Crippen LogP contribution is -2.45. The molecule has 5 atom stereocenters. The molecule has 10 nitrogen and oxygen atoms in total. The van der Waals surface area contributed by atoms with E-state index in [1.54, 1.807) is 44.4 Å². The summed E-state index contributed by atoms with van der Waals surface area (Å²) >= 11 is 1.20. The largest absolute Gasteiger partial charge is 0.507 e. The number of aliphatic hydroxyl groups is 1. The van der Waals surface area contributed by atoms with Gasteiger partial charge < -0.3 is 35.4 Å². The first-order valence-electron chi connectivity index (χ1n) is 16.8. The van der Waals surface area contributed by atoms with E-state index in [2.05, 4.69) is 10.6 Å². The predicted octanol–water partition coefficient (Wildman–Crippen LogP) is 6.11. The Morgan fingerprint density at radius 1 is 1.10 bits per heavy atom. The number of ether oxygens (including phenoxy) is 2. The molecule has 1 aromatic carbocycles. The van der Waals surface area contributed by atoms with Gasteiger partial charge in [0.25, 0.3) is 0 Å². The lowest BCUT2D eigenvalue weighted by Gasteiger charge is -2.29. The molecule has 2 aliphatic rings. The van der Waals surface area contributed by atoms with Gasteiger partial charge >= 0.3 is 5.97 Å². The molecule has 0 radical (unpaired) electrons. The summed E-state index contributed by atoms with van der Waals surface area (Å²) in [5.74, 6) is -1.84. The second kappa shape index (κ2) is 19.5. The van der Waals surface area contributed by atoms with E-state index in [-0.39, 0.29) is 41.3 Å². The number of amides is 2. The number of methoxy groups -OCH3 is 1. The smallest absolute Gasteiger partial charge is 0.328 e. The lowest BCUT2D eigenvalue weighted by molar-refractivity contribution is -0.156. The van der Waals surface area contributed by atoms with E-state index in [1.165, 1.54) is 24.9 Å². The zero-order valence-corrected chi connectivity index (χ0v) is 29.6. The first-order chi connectivity index (χ1) is 23.0. The van der Waals surface area contributed by atoms with Gasteiger partial charge in [-0.05, 0) is 57.4 Å². The molecule has 1 fully saturated rings. The van der Waals surface area contributed by atoms with Crippen molar-refractivity contribution in [1.29, 1.82) is 0 Å². The molecule has 0 spiro atoms. The van der Waals surface area contributed by atoms with Crippen LogP contribution in [0.1, 0.15) is 77.7 Å². The number of hydrogen-bond donors (Lipinski definition) is 5. The topological polar surface area (TPSA) is 154 Å². The van der Waals surface area contributed by atoms with E-state index in [1.807, 2.05) is 25.2 Å². The van der Waals surface area contributed by atoms with Crippen molar-refractivity contribution in [2.75, 3.05) is 18.7 Å². The quantitative estimate of drug-likeness (QED) is 0.0785. The number of fused-ring (bicyclic) bond motifs is 2. The van der Waals surface area contributed by atoms with E-state index in [0.29, 0.717) is 35.3 Å². The first-order valence-corrected chi connectivity index (χ1v) is 18.0. The van der Waals surface area contributed by atoms with Crippen molar-refractivity contribution in [3.63, 3.8) is 0 Å². The van der Waals surface area contributed by atoms with Gasteiger partial charge in [0.1, 0.15) is 29.3 Å². The third kappa shape index (κ3) is 11.3. The summed E-state index contributed by atoms with van der Waals surface area (Å²) in [5, 5.41) is 38.7. The third-order valence-corrected chi connectivity index (χ3v) is 9.84. The van der Waals surface area contributed by atoms with E-state index in [0.717, 1.165) is 32.1 Å². The van der Waals surface area contributed by atoms with E-state index >= 15 is 0 Å². The van der Waals surface area contributed by atoms with Gasteiger partial charge in [0.2, 0.25) is 11.8 Å². The van der Waals surface area contributed by atoms with Crippen LogP contribution in [0, 0.1) is 11.8 Å². The number of phenols is 2. The zero-order valence-electron chi connectivity index (χ0n) is 28.7. The number of thioether (sulfide) groups is 1. The van der Waals surface area contributed by atoms with E-state index in [4.69, 9.17) is 9.47 Å². The van der Waals surface area contributed by atoms with Gasteiger partial charge in [-0.3, -0.25) is 9.59 Å². The number of phenolic OH excluding ortho intramolecular Hbond substituents is 2. The van der Waals surface area contributed by atoms with Crippen LogP contribution >= 0.6 is 11.8 Å². The predicted molar refractivity (Wildman–Crippen MR) is 189 cm³/mol. The Bertz CT molecular complexity index is 1380. The molecule has 48 heavy (non-hydrogen) atoms. The number of carbonyl (C=O) groups is 3. The number of nitrogens with one attached hydrogen (secondary N) is 2. The molecule has 5 unspecified atom stereocenters. The van der Waals surface area contributed by atoms with Crippen LogP contribution in [0.2, 0.25) is 0 Å². The van der Waals surface area contributed by atoms with Crippen LogP contribution in [0.3, 0.4) is 0 Å². The molecule has 0 saturated heterocycles. The standard InChI is InChI=1S/C37H52N2O8S/c1-23-15-14-18-27-21-29(40)35(48-5)32(34(27)43)39-31(41)22-28(46-4)19-12-7-6-8-13-20-30(24(2)33(23)42)47-37(45)25(3)38-36(44)26-16-10-9-11-17-26/h6-8,12-13,15,19,21,24-26,28,30,33,40,42-43H,9-11,14,16-18,20,22H2,1-5H3,(H,38,44)(H,39,41). The summed E-state index contributed by atoms with van der Waals surface area (Å²) in [6, 6.07) is 0.651. The van der Waals surface area contributed by atoms with Gasteiger partial charge in [-0.2, -0.15) is 0 Å². The second-order valence-electron chi connectivity index (χ2n) is 12.6. The number of hydrogen-bond acceptors (Lipinski definition) is 9. The highest BCUT2D eigenvalue weighted by Gasteiger charge is 2.31. The molecule has 2 amide bonds. The van der Waals surface area contributed by atoms with Gasteiger partial charge in [0.15, 0.2) is 0 Å². The average molecular weight is 685 g/mol. The highest BCUT2D eigenvalue weighted by Crippen LogP contribution is 2.43. The molecule has 5 N–H and O–H groups in total. The van der Waals surface area contributed by atoms with Crippen molar-refractivity contribution < 1.29 is 39.2 Å². The maximum Gasteiger partial charge on any atom is 0.328 e. The van der Waals surface area contributed by atoms with Crippen molar-refractivity contribution in [3.8, 4) is 11.5 Å². The minimum absolute atomic E-state index is 0.0147. The van der Waals surface area contributed by atoms with Crippen LogP contribution in [0.5, 0.6) is 11.5 Å². The van der Waals surface area contributed by atoms with Gasteiger partial charge in [0.05, 0.1) is 23.5 Å². The molecule has 1 aliphatic heterocycles. The van der Waals surface area contributed by atoms with Gasteiger partial charge in [-0.15, -0.1) is 11.8 Å². The summed E-state index contributed by atoms with van der Waals surface area (Å²) in [5.41, 5.74) is 1.23. The van der Waals surface area contributed by atoms with Gasteiger partial charge in [0, 0.05) is 30.9 Å². The van der Waals surface area contributed by atoms with Crippen molar-refractivity contribution in [2.45, 2.75) is 108 Å². The molecular weight excluding hydrogens is 632 g/mol. The van der Waals surface area contributed by atoms with Crippen LogP contribution in [-0.2, 0) is 30.3 Å². The number of carbonyl (C=O) groups excluding carboxylic acids is 3. The Labute approximate surface area is 288 Å². The number of rotatable bonds is 6. The molecule has 3 rings (SSSR count). The number of benzene rings is 1. The molecule has 11 heteroatoms. The summed E-state index contributed by atoms with van der Waals surface area (Å²) in [6.45, 7) is 5.23. The summed E-state index contributed by atoms with van der Waals surface area (Å²) in [6.07, 6.45) is 18.0. The first kappa shape index (κ1) is 38.9. The van der Waals surface area contributed by atoms with Gasteiger partial charge in [-0.1, -0.05) is 68.7 Å². The van der Waals surface area contributed by atoms with Crippen molar-refractivity contribution in [3.05, 3.63) is 59.7 Å². The Balaban J connectivity index is 1.86. The molecule has 1 aromatic rings. The number of aliphatic hydroxyl groups excluding tert-OH is 1. The Hall–Kier alpha value is -3.54. The normalized spacial score (nSPS) is 24.1. The minimum atomic E-state index is -0.947. The van der Waals surface area contributed by atoms with Crippen molar-refractivity contribution in [2.24, 2.45) is 11.8 Å². The van der Waals surface area contributed by atoms with E-state index in [9.17, 15) is 29.7 Å². The maximum absolute atomic E-state index is 13.2. The molecule has 264 valence electrons. The fourth-order valence-corrected chi connectivity index (χ4v) is 6.61. The number of aryl methyl sites for hydroxylation is 1. The van der Waals surface area contributed by atoms with Crippen LogP contribution in [0.25, 0.3) is 0 Å². The SMILES string of the molecule is COC1C=CC=CC=CCC(OC(=O)C(C)NC(=O)C2CCCCC2)C(C)C(O)C(C)=CCCc2cc(O)c(SC)c(c2O)NC(=O)C1. The number of aromatic hydroxyl groups is 2. The van der Waals surface area contributed by atoms with Crippen LogP contribution in [-0.4, -0.2) is 70.8 Å². The molecule has 2 bridgehead atoms. The monoisotopic (exact) mass is 684 g/mol. The van der Waals surface area contributed by atoms with Gasteiger partial charge in [-0.25, -0.2) is 4.79 Å². The number of anilines is 1. The summed E-state index contributed by atoms with van der Waals surface area (Å²) < 4.78 is 11.4. The van der Waals surface area contributed by atoms with Crippen LogP contribution < -0.4 is 10.6 Å². The lowest BCUT2D eigenvalue weighted by atomic mass is 9.88. The number of esters is 1. The highest BCUT2D eigenvalue weighted by molar-refractivity contribution is 7.98. The second-order valence-corrected chi connectivity index (χ2v) is 13.4. The molecule has 0 aromatic heterocycles. The maximum atomic E-state index is 13.2. The fourth-order valence-electron chi connectivity index (χ4n) is 5.99. The zero-order chi connectivity index (χ0) is 35.2. The number of allylic oxidation sites excluding steroid dienone is 5. The van der Waals surface area contributed by atoms with Crippen LogP contribution in [0.15, 0.2) is 59.1 Å². The summed E-state index contributed by atoms with van der Waals surface area (Å²) in [4.78, 5) is 39.2. The Kier molecular flexibility index (Phi) is 15.8. The third-order valence-electron chi connectivity index (χ3n) is 9.02. The summed E-state index contributed by atoms with van der Waals surface area (Å²) in [7, 11) is 1.50. The van der Waals surface area contributed by atoms with Crippen molar-refractivity contribution >= 4 is 35.2 Å². The molecule has 1 saturated carbocycles. The van der Waals surface area contributed by atoms with Crippen molar-refractivity contribution in [1.82, 2.24) is 5.32 Å². The average Bonchev–Trinajstić information content (AvgIpc) is 3.07. The van der Waals surface area contributed by atoms with E-state index < -0.39 is 36.2 Å². The Morgan fingerprint density at radius 3 is 2.50 bits per heavy atom.